The lowest BCUT2D eigenvalue weighted by molar-refractivity contribution is 0.164. The van der Waals surface area contributed by atoms with E-state index in [4.69, 9.17) is 0 Å². The Bertz CT molecular complexity index is 553. The van der Waals surface area contributed by atoms with Gasteiger partial charge >= 0.3 is 0 Å². The van der Waals surface area contributed by atoms with Crippen LogP contribution < -0.4 is 5.32 Å². The molecule has 1 aromatic carbocycles. The molecule has 1 fully saturated rings. The predicted octanol–water partition coefficient (Wildman–Crippen LogP) is 3.66. The van der Waals surface area contributed by atoms with Crippen molar-refractivity contribution in [3.05, 3.63) is 58.0 Å². The van der Waals surface area contributed by atoms with Crippen molar-refractivity contribution in [2.75, 3.05) is 6.54 Å². The molecule has 0 radical (unpaired) electrons. The molecule has 1 aromatic heterocycles. The first-order valence-electron chi connectivity index (χ1n) is 6.95. The zero-order chi connectivity index (χ0) is 13.9. The van der Waals surface area contributed by atoms with Crippen molar-refractivity contribution < 1.29 is 9.50 Å². The van der Waals surface area contributed by atoms with Gasteiger partial charge in [-0.3, -0.25) is 0 Å². The highest BCUT2D eigenvalue weighted by molar-refractivity contribution is 7.10. The summed E-state index contributed by atoms with van der Waals surface area (Å²) in [6.07, 6.45) is 1.65. The zero-order valence-electron chi connectivity index (χ0n) is 11.1. The monoisotopic (exact) mass is 291 g/mol. The molecule has 2 aromatic rings. The van der Waals surface area contributed by atoms with E-state index >= 15 is 0 Å². The molecular weight excluding hydrogens is 273 g/mol. The first-order valence-corrected chi connectivity index (χ1v) is 7.83. The molecule has 20 heavy (non-hydrogen) atoms. The lowest BCUT2D eigenvalue weighted by atomic mass is 10.1. The van der Waals surface area contributed by atoms with Gasteiger partial charge in [-0.1, -0.05) is 24.3 Å². The summed E-state index contributed by atoms with van der Waals surface area (Å²) in [4.78, 5) is 1.30. The number of thiophene rings is 1. The topological polar surface area (TPSA) is 32.3 Å². The van der Waals surface area contributed by atoms with Crippen molar-refractivity contribution in [2.45, 2.75) is 25.0 Å². The van der Waals surface area contributed by atoms with Gasteiger partial charge in [0.1, 0.15) is 5.82 Å². The average Bonchev–Trinajstić information content (AvgIpc) is 3.14. The molecule has 2 atom stereocenters. The largest absolute Gasteiger partial charge is 0.387 e. The van der Waals surface area contributed by atoms with Crippen molar-refractivity contribution in [3.63, 3.8) is 0 Å². The van der Waals surface area contributed by atoms with Gasteiger partial charge in [0.15, 0.2) is 0 Å². The van der Waals surface area contributed by atoms with Crippen LogP contribution in [0.15, 0.2) is 41.8 Å². The van der Waals surface area contributed by atoms with Crippen LogP contribution in [-0.2, 0) is 0 Å². The molecule has 1 aliphatic carbocycles. The molecule has 3 rings (SSSR count). The molecule has 0 amide bonds. The van der Waals surface area contributed by atoms with E-state index in [1.54, 1.807) is 29.5 Å². The van der Waals surface area contributed by atoms with Gasteiger partial charge in [-0.25, -0.2) is 4.39 Å². The van der Waals surface area contributed by atoms with Crippen LogP contribution in [0.5, 0.6) is 0 Å². The highest BCUT2D eigenvalue weighted by Gasteiger charge is 2.33. The second-order valence-corrected chi connectivity index (χ2v) is 6.26. The average molecular weight is 291 g/mol. The van der Waals surface area contributed by atoms with E-state index in [1.165, 1.54) is 23.8 Å². The Morgan fingerprint density at radius 3 is 2.70 bits per heavy atom. The molecule has 0 spiro atoms. The van der Waals surface area contributed by atoms with Crippen LogP contribution in [-0.4, -0.2) is 11.7 Å². The Kier molecular flexibility index (Phi) is 4.15. The molecule has 2 N–H and O–H groups in total. The molecule has 2 nitrogen and oxygen atoms in total. The van der Waals surface area contributed by atoms with Crippen LogP contribution in [0.1, 0.15) is 35.4 Å². The minimum atomic E-state index is -0.808. The summed E-state index contributed by atoms with van der Waals surface area (Å²) in [7, 11) is 0. The van der Waals surface area contributed by atoms with E-state index in [0.29, 0.717) is 18.0 Å². The number of rotatable bonds is 6. The molecule has 4 heteroatoms. The van der Waals surface area contributed by atoms with E-state index in [9.17, 15) is 9.50 Å². The van der Waals surface area contributed by atoms with Gasteiger partial charge in [-0.2, -0.15) is 0 Å². The normalized spacial score (nSPS) is 17.9. The van der Waals surface area contributed by atoms with E-state index in [2.05, 4.69) is 16.8 Å². The number of nitrogens with one attached hydrogen (secondary N) is 1. The Labute approximate surface area is 122 Å². The smallest absolute Gasteiger partial charge is 0.129 e. The summed E-state index contributed by atoms with van der Waals surface area (Å²) >= 11 is 1.73. The van der Waals surface area contributed by atoms with E-state index in [-0.39, 0.29) is 11.9 Å². The second kappa shape index (κ2) is 6.04. The van der Waals surface area contributed by atoms with Crippen molar-refractivity contribution in [1.29, 1.82) is 0 Å². The number of aliphatic hydroxyl groups is 1. The molecular formula is C16H18FNOS. The molecule has 0 bridgehead atoms. The van der Waals surface area contributed by atoms with E-state index < -0.39 is 6.10 Å². The number of aliphatic hydroxyl groups excluding tert-OH is 1. The van der Waals surface area contributed by atoms with Crippen molar-refractivity contribution in [1.82, 2.24) is 5.32 Å². The molecule has 1 saturated carbocycles. The first kappa shape index (κ1) is 13.7. The van der Waals surface area contributed by atoms with Crippen molar-refractivity contribution in [2.24, 2.45) is 5.92 Å². The van der Waals surface area contributed by atoms with Gasteiger partial charge in [0.25, 0.3) is 0 Å². The third kappa shape index (κ3) is 3.08. The fourth-order valence-electron chi connectivity index (χ4n) is 2.49. The van der Waals surface area contributed by atoms with Crippen LogP contribution in [0.3, 0.4) is 0 Å². The van der Waals surface area contributed by atoms with Crippen LogP contribution in [0.2, 0.25) is 0 Å². The maximum absolute atomic E-state index is 13.6. The third-order valence-corrected chi connectivity index (χ3v) is 4.69. The van der Waals surface area contributed by atoms with Gasteiger partial charge in [-0.05, 0) is 36.3 Å². The Morgan fingerprint density at radius 1 is 1.25 bits per heavy atom. The van der Waals surface area contributed by atoms with Crippen LogP contribution in [0.25, 0.3) is 0 Å². The fourth-order valence-corrected chi connectivity index (χ4v) is 3.39. The minimum Gasteiger partial charge on any atom is -0.387 e. The predicted molar refractivity (Wildman–Crippen MR) is 79.1 cm³/mol. The van der Waals surface area contributed by atoms with E-state index in [0.717, 1.165) is 0 Å². The summed E-state index contributed by atoms with van der Waals surface area (Å²) < 4.78 is 13.6. The van der Waals surface area contributed by atoms with Crippen LogP contribution >= 0.6 is 11.3 Å². The molecule has 1 aliphatic rings. The summed E-state index contributed by atoms with van der Waals surface area (Å²) in [5.41, 5.74) is 0.362. The van der Waals surface area contributed by atoms with Gasteiger partial charge in [0, 0.05) is 23.0 Å². The first-order chi connectivity index (χ1) is 9.75. The van der Waals surface area contributed by atoms with Gasteiger partial charge in [0.05, 0.1) is 6.10 Å². The summed E-state index contributed by atoms with van der Waals surface area (Å²) in [6, 6.07) is 10.9. The van der Waals surface area contributed by atoms with Gasteiger partial charge in [-0.15, -0.1) is 11.3 Å². The zero-order valence-corrected chi connectivity index (χ0v) is 11.9. The maximum atomic E-state index is 13.6. The highest BCUT2D eigenvalue weighted by Crippen LogP contribution is 2.42. The molecule has 1 heterocycles. The third-order valence-electron chi connectivity index (χ3n) is 3.74. The minimum absolute atomic E-state index is 0.288. The lowest BCUT2D eigenvalue weighted by Crippen LogP contribution is -2.27. The Morgan fingerprint density at radius 2 is 2.05 bits per heavy atom. The lowest BCUT2D eigenvalue weighted by Gasteiger charge is -2.20. The number of halogens is 1. The number of benzene rings is 1. The van der Waals surface area contributed by atoms with Gasteiger partial charge in [0.2, 0.25) is 0 Å². The number of hydrogen-bond acceptors (Lipinski definition) is 3. The fraction of sp³-hybridized carbons (Fsp3) is 0.375. The SMILES string of the molecule is OC(CNC(c1cccs1)C1CC1)c1ccccc1F. The molecule has 106 valence electrons. The van der Waals surface area contributed by atoms with Crippen molar-refractivity contribution >= 4 is 11.3 Å². The standard InChI is InChI=1S/C16H18FNOS/c17-13-5-2-1-4-12(13)14(19)10-18-16(11-7-8-11)15-6-3-9-20-15/h1-6,9,11,14,16,18-19H,7-8,10H2. The summed E-state index contributed by atoms with van der Waals surface area (Å²) in [5.74, 6) is 0.308. The Balaban J connectivity index is 1.64. The Hall–Kier alpha value is -1.23. The maximum Gasteiger partial charge on any atom is 0.129 e. The van der Waals surface area contributed by atoms with E-state index in [1.807, 2.05) is 6.07 Å². The van der Waals surface area contributed by atoms with Crippen molar-refractivity contribution in [3.8, 4) is 0 Å². The summed E-state index contributed by atoms with van der Waals surface area (Å²) in [5, 5.41) is 15.6. The number of hydrogen-bond donors (Lipinski definition) is 2. The van der Waals surface area contributed by atoms with Crippen LogP contribution in [0.4, 0.5) is 4.39 Å². The highest BCUT2D eigenvalue weighted by atomic mass is 32.1. The van der Waals surface area contributed by atoms with Gasteiger partial charge < -0.3 is 10.4 Å². The second-order valence-electron chi connectivity index (χ2n) is 5.28. The molecule has 2 unspecified atom stereocenters. The summed E-state index contributed by atoms with van der Waals surface area (Å²) in [6.45, 7) is 0.375. The molecule has 0 aliphatic heterocycles. The van der Waals surface area contributed by atoms with Crippen LogP contribution in [0, 0.1) is 11.7 Å². The molecule has 0 saturated heterocycles. The quantitative estimate of drug-likeness (QED) is 0.851.